The van der Waals surface area contributed by atoms with E-state index in [0.717, 1.165) is 13.0 Å². The third kappa shape index (κ3) is 4.69. The molecule has 0 radical (unpaired) electrons. The lowest BCUT2D eigenvalue weighted by Crippen LogP contribution is -2.18. The summed E-state index contributed by atoms with van der Waals surface area (Å²) in [5, 5.41) is 3.15. The quantitative estimate of drug-likeness (QED) is 0.607. The van der Waals surface area contributed by atoms with E-state index in [1.54, 1.807) is 0 Å². The van der Waals surface area contributed by atoms with Crippen LogP contribution in [-0.4, -0.2) is 24.8 Å². The Kier molecular flexibility index (Phi) is 6.06. The van der Waals surface area contributed by atoms with Gasteiger partial charge in [0, 0.05) is 17.8 Å². The van der Waals surface area contributed by atoms with Crippen molar-refractivity contribution in [3.63, 3.8) is 0 Å². The van der Waals surface area contributed by atoms with Crippen LogP contribution >= 0.6 is 23.2 Å². The van der Waals surface area contributed by atoms with E-state index in [-0.39, 0.29) is 5.38 Å². The van der Waals surface area contributed by atoms with Gasteiger partial charge >= 0.3 is 0 Å². The zero-order valence-electron chi connectivity index (χ0n) is 4.95. The molecule has 0 aromatic heterocycles. The molecule has 1 nitrogen and oxygen atoms in total. The van der Waals surface area contributed by atoms with Crippen LogP contribution < -0.4 is 5.32 Å². The summed E-state index contributed by atoms with van der Waals surface area (Å²) < 4.78 is 0. The number of hydrogen-bond donors (Lipinski definition) is 1. The average molecular weight is 156 g/mol. The van der Waals surface area contributed by atoms with Crippen LogP contribution in [0, 0.1) is 0 Å². The van der Waals surface area contributed by atoms with Gasteiger partial charge in [0.15, 0.2) is 0 Å². The Morgan fingerprint density at radius 2 is 2.25 bits per heavy atom. The SMILES string of the molecule is CNCC(Cl)CCCl. The molecule has 50 valence electrons. The Morgan fingerprint density at radius 1 is 1.62 bits per heavy atom. The minimum absolute atomic E-state index is 0.192. The third-order valence-corrected chi connectivity index (χ3v) is 1.44. The largest absolute Gasteiger partial charge is 0.318 e. The lowest BCUT2D eigenvalue weighted by Gasteiger charge is -2.03. The topological polar surface area (TPSA) is 12.0 Å². The number of nitrogens with one attached hydrogen (secondary N) is 1. The maximum absolute atomic E-state index is 5.73. The molecule has 1 unspecified atom stereocenters. The van der Waals surface area contributed by atoms with E-state index < -0.39 is 0 Å². The highest BCUT2D eigenvalue weighted by Crippen LogP contribution is 2.00. The summed E-state index contributed by atoms with van der Waals surface area (Å²) >= 11 is 11.2. The van der Waals surface area contributed by atoms with Gasteiger partial charge in [-0.2, -0.15) is 0 Å². The normalized spacial score (nSPS) is 13.9. The molecule has 0 bridgehead atoms. The van der Waals surface area contributed by atoms with Crippen molar-refractivity contribution in [1.82, 2.24) is 5.32 Å². The summed E-state index contributed by atoms with van der Waals surface area (Å²) in [5.41, 5.74) is 0. The summed E-state index contributed by atoms with van der Waals surface area (Å²) in [6.07, 6.45) is 0.879. The lowest BCUT2D eigenvalue weighted by molar-refractivity contribution is 0.721. The van der Waals surface area contributed by atoms with Gasteiger partial charge < -0.3 is 5.32 Å². The zero-order valence-corrected chi connectivity index (χ0v) is 6.47. The number of alkyl halides is 2. The van der Waals surface area contributed by atoms with Crippen molar-refractivity contribution in [1.29, 1.82) is 0 Å². The van der Waals surface area contributed by atoms with Crippen molar-refractivity contribution in [2.45, 2.75) is 11.8 Å². The van der Waals surface area contributed by atoms with Gasteiger partial charge in [-0.15, -0.1) is 23.2 Å². The molecule has 0 aliphatic heterocycles. The lowest BCUT2D eigenvalue weighted by atomic mass is 10.3. The van der Waals surface area contributed by atoms with Crippen molar-refractivity contribution in [3.8, 4) is 0 Å². The Labute approximate surface area is 60.4 Å². The monoisotopic (exact) mass is 155 g/mol. The van der Waals surface area contributed by atoms with Gasteiger partial charge in [-0.1, -0.05) is 0 Å². The van der Waals surface area contributed by atoms with Crippen LogP contribution in [0.5, 0.6) is 0 Å². The molecular weight excluding hydrogens is 145 g/mol. The molecule has 3 heteroatoms. The molecule has 1 atom stereocenters. The second-order valence-electron chi connectivity index (χ2n) is 1.63. The molecule has 8 heavy (non-hydrogen) atoms. The molecule has 0 aliphatic rings. The molecule has 0 heterocycles. The standard InChI is InChI=1S/C5H11Cl2N/c1-8-4-5(7)2-3-6/h5,8H,2-4H2,1H3. The number of halogens is 2. The molecule has 0 spiro atoms. The van der Waals surface area contributed by atoms with Gasteiger partial charge in [0.2, 0.25) is 0 Å². The zero-order chi connectivity index (χ0) is 6.41. The van der Waals surface area contributed by atoms with Crippen LogP contribution in [0.25, 0.3) is 0 Å². The van der Waals surface area contributed by atoms with Gasteiger partial charge in [-0.05, 0) is 13.5 Å². The summed E-state index contributed by atoms with van der Waals surface area (Å²) in [7, 11) is 1.88. The first kappa shape index (κ1) is 8.54. The van der Waals surface area contributed by atoms with Crippen molar-refractivity contribution in [2.75, 3.05) is 19.5 Å². The number of rotatable bonds is 4. The molecule has 0 aliphatic carbocycles. The predicted octanol–water partition coefficient (Wildman–Crippen LogP) is 1.44. The molecular formula is C5H11Cl2N. The molecule has 1 N–H and O–H groups in total. The summed E-state index contributed by atoms with van der Waals surface area (Å²) in [4.78, 5) is 0. The van der Waals surface area contributed by atoms with Crippen LogP contribution in [0.4, 0.5) is 0 Å². The Balaban J connectivity index is 2.92. The average Bonchev–Trinajstić information content (AvgIpc) is 1.68. The minimum atomic E-state index is 0.192. The Bertz CT molecular complexity index is 43.7. The van der Waals surface area contributed by atoms with Gasteiger partial charge in [0.25, 0.3) is 0 Å². The Morgan fingerprint density at radius 3 is 2.62 bits per heavy atom. The summed E-state index contributed by atoms with van der Waals surface area (Å²) in [5.74, 6) is 0.649. The van der Waals surface area contributed by atoms with E-state index in [4.69, 9.17) is 23.2 Å². The van der Waals surface area contributed by atoms with E-state index in [2.05, 4.69) is 5.32 Å². The van der Waals surface area contributed by atoms with Crippen LogP contribution in [0.2, 0.25) is 0 Å². The molecule has 0 saturated carbocycles. The first-order valence-corrected chi connectivity index (χ1v) is 3.63. The fourth-order valence-corrected chi connectivity index (χ4v) is 1.08. The van der Waals surface area contributed by atoms with Crippen LogP contribution in [0.1, 0.15) is 6.42 Å². The first-order valence-electron chi connectivity index (χ1n) is 2.66. The molecule has 0 aromatic carbocycles. The highest BCUT2D eigenvalue weighted by molar-refractivity contribution is 6.22. The van der Waals surface area contributed by atoms with Gasteiger partial charge in [-0.3, -0.25) is 0 Å². The van der Waals surface area contributed by atoms with E-state index in [1.165, 1.54) is 0 Å². The second kappa shape index (κ2) is 5.67. The van der Waals surface area contributed by atoms with Crippen LogP contribution in [0.3, 0.4) is 0 Å². The highest BCUT2D eigenvalue weighted by Gasteiger charge is 1.99. The molecule has 0 amide bonds. The number of hydrogen-bond acceptors (Lipinski definition) is 1. The smallest absolute Gasteiger partial charge is 0.0471 e. The van der Waals surface area contributed by atoms with Gasteiger partial charge in [-0.25, -0.2) is 0 Å². The third-order valence-electron chi connectivity index (χ3n) is 0.848. The Hall–Kier alpha value is 0.540. The maximum Gasteiger partial charge on any atom is 0.0471 e. The van der Waals surface area contributed by atoms with E-state index >= 15 is 0 Å². The van der Waals surface area contributed by atoms with Crippen LogP contribution in [0.15, 0.2) is 0 Å². The minimum Gasteiger partial charge on any atom is -0.318 e. The van der Waals surface area contributed by atoms with Crippen molar-refractivity contribution < 1.29 is 0 Å². The molecule has 0 fully saturated rings. The van der Waals surface area contributed by atoms with E-state index in [9.17, 15) is 0 Å². The summed E-state index contributed by atoms with van der Waals surface area (Å²) in [6, 6.07) is 0. The second-order valence-corrected chi connectivity index (χ2v) is 2.63. The van der Waals surface area contributed by atoms with Crippen molar-refractivity contribution >= 4 is 23.2 Å². The maximum atomic E-state index is 5.73. The molecule has 0 aromatic rings. The van der Waals surface area contributed by atoms with Crippen molar-refractivity contribution in [3.05, 3.63) is 0 Å². The van der Waals surface area contributed by atoms with Gasteiger partial charge in [0.05, 0.1) is 0 Å². The predicted molar refractivity (Wildman–Crippen MR) is 38.9 cm³/mol. The van der Waals surface area contributed by atoms with E-state index in [1.807, 2.05) is 7.05 Å². The first-order chi connectivity index (χ1) is 3.81. The van der Waals surface area contributed by atoms with Gasteiger partial charge in [0.1, 0.15) is 0 Å². The fourth-order valence-electron chi connectivity index (χ4n) is 0.442. The van der Waals surface area contributed by atoms with Crippen molar-refractivity contribution in [2.24, 2.45) is 0 Å². The molecule has 0 rings (SSSR count). The van der Waals surface area contributed by atoms with E-state index in [0.29, 0.717) is 5.88 Å². The van der Waals surface area contributed by atoms with Crippen LogP contribution in [-0.2, 0) is 0 Å². The summed E-state index contributed by atoms with van der Waals surface area (Å²) in [6.45, 7) is 0.842. The fraction of sp³-hybridized carbons (Fsp3) is 1.00. The highest BCUT2D eigenvalue weighted by atomic mass is 35.5. The molecule has 0 saturated heterocycles.